The Balaban J connectivity index is 0.00000361. The van der Waals surface area contributed by atoms with E-state index in [4.69, 9.17) is 16.3 Å². The van der Waals surface area contributed by atoms with Crippen molar-refractivity contribution < 1.29 is 53.9 Å². The van der Waals surface area contributed by atoms with E-state index in [-0.39, 0.29) is 40.3 Å². The Morgan fingerprint density at radius 2 is 1.90 bits per heavy atom. The van der Waals surface area contributed by atoms with Crippen molar-refractivity contribution in [3.8, 4) is 5.75 Å². The number of rotatable bonds is 4. The van der Waals surface area contributed by atoms with Crippen molar-refractivity contribution in [2.24, 2.45) is 5.41 Å². The summed E-state index contributed by atoms with van der Waals surface area (Å²) in [5.41, 5.74) is -2.46. The van der Waals surface area contributed by atoms with E-state index in [0.717, 1.165) is 26.0 Å². The molecule has 9 heteroatoms. The minimum atomic E-state index is -1.92. The molecule has 0 unspecified atom stereocenters. The average molecular weight is 310 g/mol. The number of benzene rings is 1. The van der Waals surface area contributed by atoms with Gasteiger partial charge in [0.2, 0.25) is 5.75 Å². The molecule has 1 rings (SSSR count). The van der Waals surface area contributed by atoms with Crippen molar-refractivity contribution in [2.45, 2.75) is 13.8 Å². The number of ether oxygens (including phenoxy) is 1. The molecule has 0 aromatic heterocycles. The van der Waals surface area contributed by atoms with Gasteiger partial charge in [-0.3, -0.25) is 14.9 Å². The van der Waals surface area contributed by atoms with Gasteiger partial charge in [0.1, 0.15) is 5.41 Å². The number of esters is 1. The minimum Gasteiger partial charge on any atom is -0.549 e. The summed E-state index contributed by atoms with van der Waals surface area (Å²) in [5, 5.41) is 21.6. The van der Waals surface area contributed by atoms with Gasteiger partial charge in [0.25, 0.3) is 0 Å². The molecule has 7 nitrogen and oxygen atoms in total. The summed E-state index contributed by atoms with van der Waals surface area (Å²) in [4.78, 5) is 32.4. The number of carboxylic acids is 1. The van der Waals surface area contributed by atoms with Crippen molar-refractivity contribution in [3.05, 3.63) is 33.3 Å². The van der Waals surface area contributed by atoms with Crippen LogP contribution in [0, 0.1) is 15.5 Å². The molecule has 0 saturated heterocycles. The van der Waals surface area contributed by atoms with Gasteiger partial charge in [0.05, 0.1) is 10.9 Å². The molecular weight excluding hydrogens is 301 g/mol. The molecule has 0 aliphatic heterocycles. The summed E-state index contributed by atoms with van der Waals surface area (Å²) >= 11 is 5.59. The smallest absolute Gasteiger partial charge is 0.549 e. The normalized spacial score (nSPS) is 10.3. The SMILES string of the molecule is CC(C)(C(=O)[O-])C(=O)Oc1ccc(Cl)cc1[N+](=O)[O-].[Na+]. The van der Waals surface area contributed by atoms with Crippen LogP contribution in [0.3, 0.4) is 0 Å². The molecule has 0 atom stereocenters. The standard InChI is InChI=1S/C11H10ClNO6.Na/c1-11(2,9(14)15)10(16)19-8-4-3-6(12)5-7(8)13(17)18;/h3-5H,1-2H3,(H,14,15);/q;+1/p-1. The van der Waals surface area contributed by atoms with E-state index >= 15 is 0 Å². The predicted molar refractivity (Wildman–Crippen MR) is 62.5 cm³/mol. The molecular formula is C11H9ClNNaO6. The molecule has 0 aliphatic rings. The van der Waals surface area contributed by atoms with E-state index in [0.29, 0.717) is 0 Å². The number of hydrogen-bond acceptors (Lipinski definition) is 6. The van der Waals surface area contributed by atoms with Crippen LogP contribution in [-0.4, -0.2) is 16.9 Å². The van der Waals surface area contributed by atoms with E-state index in [2.05, 4.69) is 0 Å². The van der Waals surface area contributed by atoms with Crippen LogP contribution in [0.1, 0.15) is 13.8 Å². The molecule has 0 heterocycles. The number of halogens is 1. The van der Waals surface area contributed by atoms with E-state index in [9.17, 15) is 24.8 Å². The topological polar surface area (TPSA) is 110 Å². The molecule has 1 aromatic carbocycles. The quantitative estimate of drug-likeness (QED) is 0.158. The van der Waals surface area contributed by atoms with Gasteiger partial charge in [-0.15, -0.1) is 0 Å². The molecule has 0 bridgehead atoms. The first-order valence-corrected chi connectivity index (χ1v) is 5.41. The molecule has 0 spiro atoms. The molecule has 0 radical (unpaired) electrons. The van der Waals surface area contributed by atoms with E-state index in [1.807, 2.05) is 0 Å². The van der Waals surface area contributed by atoms with Crippen molar-refractivity contribution in [3.63, 3.8) is 0 Å². The summed E-state index contributed by atoms with van der Waals surface area (Å²) in [6.07, 6.45) is 0. The predicted octanol–water partition coefficient (Wildman–Crippen LogP) is -2.07. The molecule has 0 N–H and O–H groups in total. The fourth-order valence-corrected chi connectivity index (χ4v) is 1.20. The first-order chi connectivity index (χ1) is 8.66. The zero-order valence-electron chi connectivity index (χ0n) is 11.0. The Kier molecular flexibility index (Phi) is 6.63. The van der Waals surface area contributed by atoms with Crippen LogP contribution in [0.4, 0.5) is 5.69 Å². The Morgan fingerprint density at radius 1 is 1.35 bits per heavy atom. The second kappa shape index (κ2) is 7.03. The van der Waals surface area contributed by atoms with Crippen LogP contribution < -0.4 is 39.4 Å². The van der Waals surface area contributed by atoms with Gasteiger partial charge in [-0.1, -0.05) is 11.6 Å². The Hall–Kier alpha value is -1.15. The zero-order valence-corrected chi connectivity index (χ0v) is 13.8. The van der Waals surface area contributed by atoms with Crippen molar-refractivity contribution in [1.29, 1.82) is 0 Å². The monoisotopic (exact) mass is 309 g/mol. The maximum absolute atomic E-state index is 11.6. The Bertz CT molecular complexity index is 560. The molecule has 0 aliphatic carbocycles. The van der Waals surface area contributed by atoms with Crippen LogP contribution in [0.15, 0.2) is 18.2 Å². The summed E-state index contributed by atoms with van der Waals surface area (Å²) in [6, 6.07) is 3.39. The number of nitro benzene ring substituents is 1. The van der Waals surface area contributed by atoms with E-state index in [1.165, 1.54) is 6.07 Å². The second-order valence-electron chi connectivity index (χ2n) is 4.17. The summed E-state index contributed by atoms with van der Waals surface area (Å²) in [7, 11) is 0. The molecule has 102 valence electrons. The van der Waals surface area contributed by atoms with Crippen molar-refractivity contribution in [2.75, 3.05) is 0 Å². The van der Waals surface area contributed by atoms with Crippen LogP contribution >= 0.6 is 11.6 Å². The number of nitrogens with zero attached hydrogens (tertiary/aromatic N) is 1. The van der Waals surface area contributed by atoms with Gasteiger partial charge in [-0.25, -0.2) is 0 Å². The summed E-state index contributed by atoms with van der Waals surface area (Å²) in [6.45, 7) is 2.15. The first-order valence-electron chi connectivity index (χ1n) is 5.04. The summed E-state index contributed by atoms with van der Waals surface area (Å²) in [5.74, 6) is -3.19. The van der Waals surface area contributed by atoms with Crippen molar-refractivity contribution in [1.82, 2.24) is 0 Å². The Labute approximate surface area is 141 Å². The van der Waals surface area contributed by atoms with Gasteiger partial charge >= 0.3 is 41.2 Å². The van der Waals surface area contributed by atoms with E-state index < -0.39 is 28.0 Å². The van der Waals surface area contributed by atoms with Crippen LogP contribution in [0.25, 0.3) is 0 Å². The van der Waals surface area contributed by atoms with Gasteiger partial charge in [-0.2, -0.15) is 0 Å². The molecule has 0 fully saturated rings. The number of carbonyl (C=O) groups is 2. The number of nitro groups is 1. The fourth-order valence-electron chi connectivity index (χ4n) is 1.03. The zero-order chi connectivity index (χ0) is 14.8. The van der Waals surface area contributed by atoms with Gasteiger partial charge in [0, 0.05) is 11.1 Å². The Morgan fingerprint density at radius 3 is 2.35 bits per heavy atom. The third kappa shape index (κ3) is 4.17. The number of carboxylic acid groups (broad SMARTS) is 1. The second-order valence-corrected chi connectivity index (χ2v) is 4.61. The van der Waals surface area contributed by atoms with Gasteiger partial charge in [-0.05, 0) is 26.0 Å². The van der Waals surface area contributed by atoms with Gasteiger partial charge < -0.3 is 14.6 Å². The molecule has 0 amide bonds. The molecule has 20 heavy (non-hydrogen) atoms. The maximum atomic E-state index is 11.6. The minimum absolute atomic E-state index is 0. The number of hydrogen-bond donors (Lipinski definition) is 0. The average Bonchev–Trinajstić information content (AvgIpc) is 2.30. The fraction of sp³-hybridized carbons (Fsp3) is 0.273. The van der Waals surface area contributed by atoms with Crippen LogP contribution in [-0.2, 0) is 9.59 Å². The molecule has 1 aromatic rings. The third-order valence-corrected chi connectivity index (χ3v) is 2.58. The number of aliphatic carboxylic acids is 1. The maximum Gasteiger partial charge on any atom is 1.00 e. The van der Waals surface area contributed by atoms with Crippen molar-refractivity contribution >= 4 is 29.2 Å². The van der Waals surface area contributed by atoms with Crippen LogP contribution in [0.2, 0.25) is 5.02 Å². The van der Waals surface area contributed by atoms with E-state index in [1.54, 1.807) is 0 Å². The summed E-state index contributed by atoms with van der Waals surface area (Å²) < 4.78 is 4.73. The molecule has 0 saturated carbocycles. The van der Waals surface area contributed by atoms with Crippen LogP contribution in [0.5, 0.6) is 5.75 Å². The number of carbonyl (C=O) groups excluding carboxylic acids is 2. The largest absolute Gasteiger partial charge is 1.00 e. The first kappa shape index (κ1) is 18.9. The third-order valence-electron chi connectivity index (χ3n) is 2.34. The van der Waals surface area contributed by atoms with Gasteiger partial charge in [0.15, 0.2) is 0 Å².